The molecule has 0 saturated heterocycles. The third-order valence-electron chi connectivity index (χ3n) is 2.36. The molecule has 0 spiro atoms. The van der Waals surface area contributed by atoms with E-state index in [1.165, 1.54) is 0 Å². The van der Waals surface area contributed by atoms with E-state index in [4.69, 9.17) is 11.2 Å². The minimum absolute atomic E-state index is 0.00785. The van der Waals surface area contributed by atoms with Crippen LogP contribution in [-0.4, -0.2) is 19.6 Å². The number of carbonyl (C=O) groups excluding carboxylic acids is 1. The van der Waals surface area contributed by atoms with E-state index in [9.17, 15) is 4.79 Å². The van der Waals surface area contributed by atoms with E-state index in [-0.39, 0.29) is 5.91 Å². The molecule has 3 heteroatoms. The number of rotatable bonds is 6. The van der Waals surface area contributed by atoms with Crippen LogP contribution in [0.5, 0.6) is 5.75 Å². The second-order valence-corrected chi connectivity index (χ2v) is 3.65. The molecule has 0 fully saturated rings. The van der Waals surface area contributed by atoms with Gasteiger partial charge in [0.2, 0.25) is 5.91 Å². The van der Waals surface area contributed by atoms with Crippen LogP contribution in [0.1, 0.15) is 18.4 Å². The Labute approximate surface area is 102 Å². The average Bonchev–Trinajstić information content (AvgIpc) is 2.35. The molecule has 1 N–H and O–H groups in total. The molecular formula is C14H17NO2. The van der Waals surface area contributed by atoms with Crippen LogP contribution in [0.25, 0.3) is 0 Å². The maximum Gasteiger partial charge on any atom is 0.224 e. The second kappa shape index (κ2) is 7.34. The zero-order valence-corrected chi connectivity index (χ0v) is 10.0. The molecule has 3 nitrogen and oxygen atoms in total. The fourth-order valence-electron chi connectivity index (χ4n) is 1.50. The maximum absolute atomic E-state index is 11.6. The number of unbranched alkanes of at least 4 members (excludes halogenated alkanes) is 1. The van der Waals surface area contributed by atoms with Crippen molar-refractivity contribution in [3.8, 4) is 18.1 Å². The summed E-state index contributed by atoms with van der Waals surface area (Å²) < 4.78 is 5.18. The molecule has 0 radical (unpaired) electrons. The van der Waals surface area contributed by atoms with Gasteiger partial charge in [-0.1, -0.05) is 18.2 Å². The Morgan fingerprint density at radius 3 is 2.94 bits per heavy atom. The quantitative estimate of drug-likeness (QED) is 0.598. The number of para-hydroxylation sites is 1. The zero-order valence-electron chi connectivity index (χ0n) is 10.0. The van der Waals surface area contributed by atoms with E-state index in [1.807, 2.05) is 24.3 Å². The Hall–Kier alpha value is -1.95. The fourth-order valence-corrected chi connectivity index (χ4v) is 1.50. The molecule has 0 aliphatic carbocycles. The lowest BCUT2D eigenvalue weighted by molar-refractivity contribution is -0.120. The Morgan fingerprint density at radius 2 is 2.24 bits per heavy atom. The summed E-state index contributed by atoms with van der Waals surface area (Å²) in [7, 11) is 1.60. The highest BCUT2D eigenvalue weighted by Crippen LogP contribution is 2.17. The van der Waals surface area contributed by atoms with E-state index in [0.29, 0.717) is 19.4 Å². The molecule has 0 aliphatic heterocycles. The first-order valence-electron chi connectivity index (χ1n) is 5.60. The lowest BCUT2D eigenvalue weighted by Gasteiger charge is -2.08. The van der Waals surface area contributed by atoms with Gasteiger partial charge in [0, 0.05) is 18.5 Å². The third-order valence-corrected chi connectivity index (χ3v) is 2.36. The second-order valence-electron chi connectivity index (χ2n) is 3.65. The highest BCUT2D eigenvalue weighted by molar-refractivity contribution is 5.79. The number of amides is 1. The van der Waals surface area contributed by atoms with Crippen molar-refractivity contribution in [3.05, 3.63) is 29.8 Å². The van der Waals surface area contributed by atoms with Crippen LogP contribution in [0.2, 0.25) is 0 Å². The van der Waals surface area contributed by atoms with Crippen molar-refractivity contribution < 1.29 is 9.53 Å². The van der Waals surface area contributed by atoms with E-state index in [1.54, 1.807) is 7.11 Å². The molecule has 90 valence electrons. The van der Waals surface area contributed by atoms with Gasteiger partial charge in [0.1, 0.15) is 5.75 Å². The normalized spacial score (nSPS) is 9.41. The van der Waals surface area contributed by atoms with Crippen molar-refractivity contribution in [2.45, 2.75) is 19.3 Å². The standard InChI is InChI=1S/C14H17NO2/c1-3-4-7-10-15-14(16)11-12-8-5-6-9-13(12)17-2/h1,5-6,8-9H,4,7,10-11H2,2H3,(H,15,16). The van der Waals surface area contributed by atoms with Gasteiger partial charge in [0.15, 0.2) is 0 Å². The van der Waals surface area contributed by atoms with Crippen LogP contribution in [0.15, 0.2) is 24.3 Å². The van der Waals surface area contributed by atoms with Crippen molar-refractivity contribution in [2.24, 2.45) is 0 Å². The van der Waals surface area contributed by atoms with Crippen LogP contribution in [0.4, 0.5) is 0 Å². The largest absolute Gasteiger partial charge is 0.496 e. The summed E-state index contributed by atoms with van der Waals surface area (Å²) >= 11 is 0. The summed E-state index contributed by atoms with van der Waals surface area (Å²) in [6, 6.07) is 7.51. The first-order valence-corrected chi connectivity index (χ1v) is 5.60. The van der Waals surface area contributed by atoms with Crippen molar-refractivity contribution in [2.75, 3.05) is 13.7 Å². The SMILES string of the molecule is C#CCCCNC(=O)Cc1ccccc1OC. The van der Waals surface area contributed by atoms with Crippen molar-refractivity contribution >= 4 is 5.91 Å². The maximum atomic E-state index is 11.6. The molecule has 0 aliphatic rings. The Kier molecular flexibility index (Phi) is 5.67. The van der Waals surface area contributed by atoms with Crippen molar-refractivity contribution in [1.29, 1.82) is 0 Å². The zero-order chi connectivity index (χ0) is 12.5. The summed E-state index contributed by atoms with van der Waals surface area (Å²) in [5.41, 5.74) is 0.893. The molecule has 0 saturated carbocycles. The number of nitrogens with one attached hydrogen (secondary N) is 1. The van der Waals surface area contributed by atoms with Crippen LogP contribution in [0, 0.1) is 12.3 Å². The molecule has 0 atom stereocenters. The molecule has 0 bridgehead atoms. The van der Waals surface area contributed by atoms with Gasteiger partial charge in [-0.15, -0.1) is 12.3 Å². The molecular weight excluding hydrogens is 214 g/mol. The average molecular weight is 231 g/mol. The highest BCUT2D eigenvalue weighted by Gasteiger charge is 2.06. The number of carbonyl (C=O) groups is 1. The predicted molar refractivity (Wildman–Crippen MR) is 67.8 cm³/mol. The fraction of sp³-hybridized carbons (Fsp3) is 0.357. The minimum atomic E-state index is -0.00785. The molecule has 0 unspecified atom stereocenters. The first kappa shape index (κ1) is 13.1. The third kappa shape index (κ3) is 4.60. The summed E-state index contributed by atoms with van der Waals surface area (Å²) in [5.74, 6) is 3.27. The van der Waals surface area contributed by atoms with Crippen molar-refractivity contribution in [3.63, 3.8) is 0 Å². The number of ether oxygens (including phenoxy) is 1. The monoisotopic (exact) mass is 231 g/mol. The molecule has 1 amide bonds. The lowest BCUT2D eigenvalue weighted by Crippen LogP contribution is -2.26. The van der Waals surface area contributed by atoms with Crippen LogP contribution >= 0.6 is 0 Å². The van der Waals surface area contributed by atoms with E-state index < -0.39 is 0 Å². The van der Waals surface area contributed by atoms with Gasteiger partial charge in [-0.3, -0.25) is 4.79 Å². The highest BCUT2D eigenvalue weighted by atomic mass is 16.5. The summed E-state index contributed by atoms with van der Waals surface area (Å²) in [6.45, 7) is 0.623. The van der Waals surface area contributed by atoms with Gasteiger partial charge in [0.25, 0.3) is 0 Å². The van der Waals surface area contributed by atoms with E-state index in [0.717, 1.165) is 17.7 Å². The molecule has 1 rings (SSSR count). The summed E-state index contributed by atoms with van der Waals surface area (Å²) in [4.78, 5) is 11.6. The topological polar surface area (TPSA) is 38.3 Å². The van der Waals surface area contributed by atoms with Gasteiger partial charge in [-0.2, -0.15) is 0 Å². The predicted octanol–water partition coefficient (Wildman–Crippen LogP) is 1.77. The molecule has 0 aromatic heterocycles. The Bertz CT molecular complexity index is 407. The van der Waals surface area contributed by atoms with Crippen LogP contribution in [-0.2, 0) is 11.2 Å². The minimum Gasteiger partial charge on any atom is -0.496 e. The number of hydrogen-bond donors (Lipinski definition) is 1. The van der Waals surface area contributed by atoms with E-state index in [2.05, 4.69) is 11.2 Å². The van der Waals surface area contributed by atoms with Gasteiger partial charge >= 0.3 is 0 Å². The van der Waals surface area contributed by atoms with Gasteiger partial charge in [-0.25, -0.2) is 0 Å². The summed E-state index contributed by atoms with van der Waals surface area (Å²) in [5, 5.41) is 2.83. The van der Waals surface area contributed by atoms with Crippen molar-refractivity contribution in [1.82, 2.24) is 5.32 Å². The number of terminal acetylenes is 1. The lowest BCUT2D eigenvalue weighted by atomic mass is 10.1. The Balaban J connectivity index is 2.42. The van der Waals surface area contributed by atoms with Crippen LogP contribution in [0.3, 0.4) is 0 Å². The van der Waals surface area contributed by atoms with Gasteiger partial charge < -0.3 is 10.1 Å². The number of hydrogen-bond acceptors (Lipinski definition) is 2. The smallest absolute Gasteiger partial charge is 0.224 e. The molecule has 0 heterocycles. The van der Waals surface area contributed by atoms with Crippen LogP contribution < -0.4 is 10.1 Å². The number of methoxy groups -OCH3 is 1. The summed E-state index contributed by atoms with van der Waals surface area (Å²) in [6.07, 6.45) is 6.96. The van der Waals surface area contributed by atoms with E-state index >= 15 is 0 Å². The first-order chi connectivity index (χ1) is 8.27. The molecule has 1 aromatic carbocycles. The van der Waals surface area contributed by atoms with Gasteiger partial charge in [-0.05, 0) is 12.5 Å². The molecule has 1 aromatic rings. The number of benzene rings is 1. The van der Waals surface area contributed by atoms with Gasteiger partial charge in [0.05, 0.1) is 13.5 Å². The molecule has 17 heavy (non-hydrogen) atoms. The Morgan fingerprint density at radius 1 is 1.47 bits per heavy atom.